The molecule has 0 radical (unpaired) electrons. The fraction of sp³-hybridized carbons (Fsp3) is 0.471. The van der Waals surface area contributed by atoms with Gasteiger partial charge in [0.25, 0.3) is 0 Å². The SMILES string of the molecule is Cn1cc(CN[C@@H](c2ccccc2F)C2CCCC2)cn1. The highest BCUT2D eigenvalue weighted by atomic mass is 19.1. The van der Waals surface area contributed by atoms with E-state index in [2.05, 4.69) is 10.4 Å². The summed E-state index contributed by atoms with van der Waals surface area (Å²) in [6.07, 6.45) is 8.73. The number of rotatable bonds is 5. The molecule has 0 unspecified atom stereocenters. The van der Waals surface area contributed by atoms with E-state index in [0.29, 0.717) is 5.92 Å². The summed E-state index contributed by atoms with van der Waals surface area (Å²) in [5, 5.41) is 7.74. The molecule has 1 heterocycles. The third kappa shape index (κ3) is 3.32. The minimum absolute atomic E-state index is 0.0916. The van der Waals surface area contributed by atoms with Crippen LogP contribution in [0.15, 0.2) is 36.7 Å². The molecular formula is C17H22FN3. The molecule has 1 aliphatic rings. The zero-order chi connectivity index (χ0) is 14.7. The first-order valence-corrected chi connectivity index (χ1v) is 7.69. The number of aryl methyl sites for hydroxylation is 1. The Morgan fingerprint density at radius 1 is 1.33 bits per heavy atom. The van der Waals surface area contributed by atoms with Gasteiger partial charge in [-0.2, -0.15) is 5.10 Å². The molecule has 21 heavy (non-hydrogen) atoms. The Balaban J connectivity index is 1.77. The number of hydrogen-bond donors (Lipinski definition) is 1. The van der Waals surface area contributed by atoms with Gasteiger partial charge in [0.1, 0.15) is 5.82 Å². The van der Waals surface area contributed by atoms with Crippen LogP contribution in [0.5, 0.6) is 0 Å². The first-order valence-electron chi connectivity index (χ1n) is 7.69. The van der Waals surface area contributed by atoms with E-state index in [9.17, 15) is 4.39 Å². The predicted molar refractivity (Wildman–Crippen MR) is 81.1 cm³/mol. The summed E-state index contributed by atoms with van der Waals surface area (Å²) in [4.78, 5) is 0. The Morgan fingerprint density at radius 3 is 2.76 bits per heavy atom. The Labute approximate surface area is 125 Å². The molecule has 0 amide bonds. The Morgan fingerprint density at radius 2 is 2.10 bits per heavy atom. The monoisotopic (exact) mass is 287 g/mol. The Bertz CT molecular complexity index is 587. The van der Waals surface area contributed by atoms with E-state index in [0.717, 1.165) is 17.7 Å². The van der Waals surface area contributed by atoms with E-state index >= 15 is 0 Å². The maximum absolute atomic E-state index is 14.2. The van der Waals surface area contributed by atoms with Crippen molar-refractivity contribution in [1.29, 1.82) is 0 Å². The third-order valence-electron chi connectivity index (χ3n) is 4.40. The van der Waals surface area contributed by atoms with Crippen molar-refractivity contribution >= 4 is 0 Å². The summed E-state index contributed by atoms with van der Waals surface area (Å²) in [7, 11) is 1.91. The van der Waals surface area contributed by atoms with Crippen LogP contribution in [0.3, 0.4) is 0 Å². The summed E-state index contributed by atoms with van der Waals surface area (Å²) in [6.45, 7) is 0.726. The lowest BCUT2D eigenvalue weighted by Gasteiger charge is -2.25. The van der Waals surface area contributed by atoms with Crippen LogP contribution >= 0.6 is 0 Å². The van der Waals surface area contributed by atoms with Crippen LogP contribution in [0.2, 0.25) is 0 Å². The van der Waals surface area contributed by atoms with Gasteiger partial charge < -0.3 is 5.32 Å². The summed E-state index contributed by atoms with van der Waals surface area (Å²) in [6, 6.07) is 7.24. The molecule has 3 rings (SSSR count). The van der Waals surface area contributed by atoms with Crippen molar-refractivity contribution < 1.29 is 4.39 Å². The summed E-state index contributed by atoms with van der Waals surface area (Å²) >= 11 is 0. The number of benzene rings is 1. The smallest absolute Gasteiger partial charge is 0.127 e. The number of aromatic nitrogens is 2. The van der Waals surface area contributed by atoms with Crippen LogP contribution in [-0.2, 0) is 13.6 Å². The highest BCUT2D eigenvalue weighted by Gasteiger charge is 2.27. The lowest BCUT2D eigenvalue weighted by molar-refractivity contribution is 0.355. The normalized spacial score (nSPS) is 17.2. The van der Waals surface area contributed by atoms with Gasteiger partial charge in [0.05, 0.1) is 6.20 Å². The molecule has 2 aromatic rings. The molecule has 1 N–H and O–H groups in total. The average molecular weight is 287 g/mol. The molecule has 4 heteroatoms. The van der Waals surface area contributed by atoms with E-state index in [1.54, 1.807) is 16.8 Å². The van der Waals surface area contributed by atoms with Crippen LogP contribution in [0.4, 0.5) is 4.39 Å². The second-order valence-electron chi connectivity index (χ2n) is 5.95. The fourth-order valence-electron chi connectivity index (χ4n) is 3.34. The second-order valence-corrected chi connectivity index (χ2v) is 5.95. The molecule has 1 atom stereocenters. The molecule has 1 fully saturated rings. The molecule has 1 aromatic heterocycles. The minimum Gasteiger partial charge on any atom is -0.305 e. The lowest BCUT2D eigenvalue weighted by atomic mass is 9.91. The standard InChI is InChI=1S/C17H22FN3/c1-21-12-13(11-20-21)10-19-17(14-6-2-3-7-14)15-8-4-5-9-16(15)18/h4-5,8-9,11-12,14,17,19H,2-3,6-7,10H2,1H3/t17-/m1/s1. The number of hydrogen-bond acceptors (Lipinski definition) is 2. The number of nitrogens with zero attached hydrogens (tertiary/aromatic N) is 2. The van der Waals surface area contributed by atoms with Crippen LogP contribution in [0.1, 0.15) is 42.9 Å². The van der Waals surface area contributed by atoms with E-state index in [1.807, 2.05) is 31.6 Å². The van der Waals surface area contributed by atoms with Crippen LogP contribution in [0.25, 0.3) is 0 Å². The van der Waals surface area contributed by atoms with Crippen molar-refractivity contribution in [3.8, 4) is 0 Å². The minimum atomic E-state index is -0.104. The highest BCUT2D eigenvalue weighted by Crippen LogP contribution is 2.36. The van der Waals surface area contributed by atoms with Crippen molar-refractivity contribution in [3.05, 3.63) is 53.6 Å². The summed E-state index contributed by atoms with van der Waals surface area (Å²) < 4.78 is 16.0. The molecule has 1 saturated carbocycles. The third-order valence-corrected chi connectivity index (χ3v) is 4.40. The molecular weight excluding hydrogens is 265 g/mol. The predicted octanol–water partition coefficient (Wildman–Crippen LogP) is 3.58. The molecule has 0 saturated heterocycles. The van der Waals surface area contributed by atoms with Gasteiger partial charge in [-0.3, -0.25) is 4.68 Å². The van der Waals surface area contributed by atoms with Crippen LogP contribution < -0.4 is 5.32 Å². The van der Waals surface area contributed by atoms with Crippen molar-refractivity contribution in [1.82, 2.24) is 15.1 Å². The Kier molecular flexibility index (Phi) is 4.34. The average Bonchev–Trinajstić information content (AvgIpc) is 3.13. The molecule has 0 bridgehead atoms. The molecule has 112 valence electrons. The van der Waals surface area contributed by atoms with Gasteiger partial charge in [-0.1, -0.05) is 31.0 Å². The zero-order valence-corrected chi connectivity index (χ0v) is 12.4. The maximum atomic E-state index is 14.2. The quantitative estimate of drug-likeness (QED) is 0.911. The summed E-state index contributed by atoms with van der Waals surface area (Å²) in [5.41, 5.74) is 1.94. The molecule has 3 nitrogen and oxygen atoms in total. The number of halogens is 1. The van der Waals surface area contributed by atoms with Gasteiger partial charge in [0.15, 0.2) is 0 Å². The van der Waals surface area contributed by atoms with E-state index in [4.69, 9.17) is 0 Å². The van der Waals surface area contributed by atoms with Gasteiger partial charge in [0.2, 0.25) is 0 Å². The van der Waals surface area contributed by atoms with Crippen LogP contribution in [0, 0.1) is 11.7 Å². The second kappa shape index (κ2) is 6.39. The highest BCUT2D eigenvalue weighted by molar-refractivity contribution is 5.22. The maximum Gasteiger partial charge on any atom is 0.127 e. The van der Waals surface area contributed by atoms with E-state index in [-0.39, 0.29) is 11.9 Å². The topological polar surface area (TPSA) is 29.9 Å². The molecule has 1 aromatic carbocycles. The van der Waals surface area contributed by atoms with Gasteiger partial charge in [-0.15, -0.1) is 0 Å². The molecule has 0 spiro atoms. The van der Waals surface area contributed by atoms with Crippen molar-refractivity contribution in [3.63, 3.8) is 0 Å². The molecule has 1 aliphatic carbocycles. The summed E-state index contributed by atoms with van der Waals surface area (Å²) in [5.74, 6) is 0.423. The first kappa shape index (κ1) is 14.3. The van der Waals surface area contributed by atoms with Gasteiger partial charge in [-0.05, 0) is 24.8 Å². The lowest BCUT2D eigenvalue weighted by Crippen LogP contribution is -2.27. The largest absolute Gasteiger partial charge is 0.305 e. The van der Waals surface area contributed by atoms with E-state index < -0.39 is 0 Å². The van der Waals surface area contributed by atoms with Gasteiger partial charge in [-0.25, -0.2) is 4.39 Å². The van der Waals surface area contributed by atoms with Crippen LogP contribution in [-0.4, -0.2) is 9.78 Å². The van der Waals surface area contributed by atoms with Crippen molar-refractivity contribution in [2.24, 2.45) is 13.0 Å². The van der Waals surface area contributed by atoms with E-state index in [1.165, 1.54) is 25.7 Å². The molecule has 0 aliphatic heterocycles. The Hall–Kier alpha value is -1.68. The van der Waals surface area contributed by atoms with Crippen molar-refractivity contribution in [2.45, 2.75) is 38.3 Å². The van der Waals surface area contributed by atoms with Crippen molar-refractivity contribution in [2.75, 3.05) is 0 Å². The fourth-order valence-corrected chi connectivity index (χ4v) is 3.34. The first-order chi connectivity index (χ1) is 10.2. The van der Waals surface area contributed by atoms with Gasteiger partial charge >= 0.3 is 0 Å². The zero-order valence-electron chi connectivity index (χ0n) is 12.4. The number of nitrogens with one attached hydrogen (secondary N) is 1. The van der Waals surface area contributed by atoms with Gasteiger partial charge in [0, 0.05) is 37.0 Å².